The minimum absolute atomic E-state index is 0.115. The maximum Gasteiger partial charge on any atom is 0.357 e. The summed E-state index contributed by atoms with van der Waals surface area (Å²) in [4.78, 5) is 16.7. The molecule has 2 aromatic carbocycles. The van der Waals surface area contributed by atoms with Gasteiger partial charge < -0.3 is 15.8 Å². The number of carboxylic acid groups (broad SMARTS) is 1. The number of carboxylic acids is 1. The Hall–Kier alpha value is -3.33. The van der Waals surface area contributed by atoms with Gasteiger partial charge in [-0.25, -0.2) is 9.80 Å². The number of benzene rings is 2. The largest absolute Gasteiger partial charge is 0.476 e. The van der Waals surface area contributed by atoms with Crippen LogP contribution < -0.4 is 10.7 Å². The Balaban J connectivity index is 1.61. The van der Waals surface area contributed by atoms with Crippen LogP contribution in [0.3, 0.4) is 0 Å². The highest BCUT2D eigenvalue weighted by molar-refractivity contribution is 7.16. The molecule has 222 valence electrons. The van der Waals surface area contributed by atoms with Crippen molar-refractivity contribution in [3.8, 4) is 10.4 Å². The number of halogens is 2. The van der Waals surface area contributed by atoms with Gasteiger partial charge in [0.2, 0.25) is 0 Å². The monoisotopic (exact) mass is 625 g/mol. The Morgan fingerprint density at radius 2 is 1.74 bits per heavy atom. The number of hydrogen-bond donors (Lipinski definition) is 2. The van der Waals surface area contributed by atoms with E-state index in [4.69, 9.17) is 29.0 Å². The van der Waals surface area contributed by atoms with Crippen LogP contribution in [0.1, 0.15) is 69.4 Å². The van der Waals surface area contributed by atoms with Crippen molar-refractivity contribution in [1.82, 2.24) is 5.01 Å². The molecule has 4 rings (SSSR count). The second-order valence-corrected chi connectivity index (χ2v) is 12.1. The summed E-state index contributed by atoms with van der Waals surface area (Å²) in [6, 6.07) is 17.7. The summed E-state index contributed by atoms with van der Waals surface area (Å²) in [7, 11) is 0. The molecule has 7 nitrogen and oxygen atoms in total. The number of hydrogen-bond acceptors (Lipinski definition) is 6. The van der Waals surface area contributed by atoms with E-state index < -0.39 is 5.97 Å². The highest BCUT2D eigenvalue weighted by Crippen LogP contribution is 2.36. The van der Waals surface area contributed by atoms with Gasteiger partial charge in [-0.1, -0.05) is 75.0 Å². The molecule has 10 heteroatoms. The van der Waals surface area contributed by atoms with E-state index in [-0.39, 0.29) is 17.6 Å². The van der Waals surface area contributed by atoms with Crippen LogP contribution >= 0.6 is 34.5 Å². The summed E-state index contributed by atoms with van der Waals surface area (Å²) >= 11 is 14.0. The van der Waals surface area contributed by atoms with E-state index in [0.717, 1.165) is 34.0 Å². The molecule has 0 bridgehead atoms. The van der Waals surface area contributed by atoms with Crippen LogP contribution in [0.5, 0.6) is 0 Å². The molecule has 3 N–H and O–H groups in total. The smallest absolute Gasteiger partial charge is 0.357 e. The minimum Gasteiger partial charge on any atom is -0.476 e. The number of amidine groups is 1. The lowest BCUT2D eigenvalue weighted by Gasteiger charge is -2.26. The van der Waals surface area contributed by atoms with E-state index in [1.807, 2.05) is 25.1 Å². The molecule has 0 spiro atoms. The minimum atomic E-state index is -1.16. The fourth-order valence-corrected chi connectivity index (χ4v) is 6.24. The van der Waals surface area contributed by atoms with Crippen LogP contribution in [0.15, 0.2) is 70.4 Å². The first-order valence-corrected chi connectivity index (χ1v) is 15.9. The summed E-state index contributed by atoms with van der Waals surface area (Å²) in [6.45, 7) is 8.54. The summed E-state index contributed by atoms with van der Waals surface area (Å²) < 4.78 is 0. The normalized spacial score (nSPS) is 15.8. The highest BCUT2D eigenvalue weighted by atomic mass is 35.5. The van der Waals surface area contributed by atoms with Crippen LogP contribution in [-0.2, 0) is 4.79 Å². The van der Waals surface area contributed by atoms with E-state index >= 15 is 0 Å². The third-order valence-corrected chi connectivity index (χ3v) is 9.07. The maximum absolute atomic E-state index is 12.3. The summed E-state index contributed by atoms with van der Waals surface area (Å²) in [5.41, 5.74) is 3.42. The number of unbranched alkanes of at least 4 members (excludes halogenated alkanes) is 2. The van der Waals surface area contributed by atoms with Crippen molar-refractivity contribution < 1.29 is 9.90 Å². The highest BCUT2D eigenvalue weighted by Gasteiger charge is 2.36. The summed E-state index contributed by atoms with van der Waals surface area (Å²) in [5.74, 6) is 4.97. The van der Waals surface area contributed by atoms with Gasteiger partial charge in [0.05, 0.1) is 21.7 Å². The Kier molecular flexibility index (Phi) is 11.1. The topological polar surface area (TPSA) is 94.5 Å². The molecule has 2 heterocycles. The number of hydrazone groups is 2. The Labute approximate surface area is 261 Å². The van der Waals surface area contributed by atoms with Gasteiger partial charge in [-0.2, -0.15) is 10.2 Å². The lowest BCUT2D eigenvalue weighted by molar-refractivity contribution is -0.129. The number of thiophene rings is 1. The average molecular weight is 627 g/mol. The number of carbonyl (C=O) groups is 1. The maximum atomic E-state index is 12.3. The molecule has 1 aliphatic heterocycles. The molecule has 42 heavy (non-hydrogen) atoms. The first kappa shape index (κ1) is 31.6. The molecular weight excluding hydrogens is 589 g/mol. The average Bonchev–Trinajstić information content (AvgIpc) is 3.60. The molecule has 0 fully saturated rings. The number of rotatable bonds is 13. The van der Waals surface area contributed by atoms with Crippen molar-refractivity contribution in [3.63, 3.8) is 0 Å². The van der Waals surface area contributed by atoms with Crippen LogP contribution in [0.2, 0.25) is 10.0 Å². The van der Waals surface area contributed by atoms with E-state index in [2.05, 4.69) is 53.2 Å². The Morgan fingerprint density at radius 3 is 2.31 bits per heavy atom. The van der Waals surface area contributed by atoms with Gasteiger partial charge in [-0.15, -0.1) is 11.3 Å². The van der Waals surface area contributed by atoms with Crippen molar-refractivity contribution in [2.45, 2.75) is 58.9 Å². The van der Waals surface area contributed by atoms with Gasteiger partial charge in [0, 0.05) is 28.5 Å². The lowest BCUT2D eigenvalue weighted by atomic mass is 10.0. The first-order chi connectivity index (χ1) is 20.3. The quantitative estimate of drug-likeness (QED) is 0.146. The van der Waals surface area contributed by atoms with E-state index in [1.165, 1.54) is 31.4 Å². The van der Waals surface area contributed by atoms with E-state index in [9.17, 15) is 9.90 Å². The second kappa shape index (κ2) is 14.7. The predicted octanol–water partition coefficient (Wildman–Crippen LogP) is 8.69. The molecule has 0 amide bonds. The summed E-state index contributed by atoms with van der Waals surface area (Å²) in [5, 5.41) is 20.9. The van der Waals surface area contributed by atoms with Crippen LogP contribution in [-0.4, -0.2) is 40.7 Å². The van der Waals surface area contributed by atoms with Gasteiger partial charge in [0.25, 0.3) is 0 Å². The number of anilines is 1. The van der Waals surface area contributed by atoms with Gasteiger partial charge in [-0.05, 0) is 72.9 Å². The van der Waals surface area contributed by atoms with E-state index in [1.54, 1.807) is 34.6 Å². The molecule has 0 saturated carbocycles. The van der Waals surface area contributed by atoms with Gasteiger partial charge in [0.15, 0.2) is 11.5 Å². The molecular formula is C32H37Cl2N5O2S. The molecule has 0 saturated heterocycles. The zero-order valence-electron chi connectivity index (χ0n) is 24.2. The van der Waals surface area contributed by atoms with Crippen molar-refractivity contribution in [2.24, 2.45) is 16.0 Å². The molecule has 0 aliphatic carbocycles. The number of aliphatic carboxylic acids is 1. The zero-order chi connectivity index (χ0) is 30.2. The standard InChI is InChI=1S/C32H37Cl2N5O2S/c1-4-7-17-38(18-8-5-2)23-12-9-21(10-13-23)29-16-14-24(42-29)20-25-30(32(40)41)37-39(31(25)36-35)28(6-3)22-11-15-26(33)27(34)19-22/h9-16,19-20,28H,4-8,17-18,35H2,1-3H3,(H,40,41)/b25-20-,36-31-. The SMILES string of the molecule is CCCCN(CCCC)c1ccc(-c2ccc(/C=C3/C(C(=O)O)=NN(C(CC)c4ccc(Cl)c(Cl)c4)/C3=N\N)s2)cc1. The number of nitrogens with zero attached hydrogens (tertiary/aromatic N) is 4. The Morgan fingerprint density at radius 1 is 1.05 bits per heavy atom. The van der Waals surface area contributed by atoms with Crippen molar-refractivity contribution >= 4 is 63.8 Å². The van der Waals surface area contributed by atoms with Crippen LogP contribution in [0.25, 0.3) is 16.5 Å². The molecule has 1 atom stereocenters. The lowest BCUT2D eigenvalue weighted by Crippen LogP contribution is -2.28. The molecule has 0 radical (unpaired) electrons. The van der Waals surface area contributed by atoms with E-state index in [0.29, 0.717) is 22.0 Å². The molecule has 3 aromatic rings. The number of nitrogens with two attached hydrogens (primary N) is 1. The zero-order valence-corrected chi connectivity index (χ0v) is 26.5. The van der Waals surface area contributed by atoms with Gasteiger partial charge in [0.1, 0.15) is 0 Å². The molecule has 1 aromatic heterocycles. The van der Waals surface area contributed by atoms with Crippen molar-refractivity contribution in [2.75, 3.05) is 18.0 Å². The van der Waals surface area contributed by atoms with Crippen LogP contribution in [0.4, 0.5) is 5.69 Å². The van der Waals surface area contributed by atoms with Gasteiger partial charge in [-0.3, -0.25) is 0 Å². The van der Waals surface area contributed by atoms with Crippen molar-refractivity contribution in [1.29, 1.82) is 0 Å². The van der Waals surface area contributed by atoms with Crippen molar-refractivity contribution in [3.05, 3.63) is 80.7 Å². The van der Waals surface area contributed by atoms with Crippen LogP contribution in [0, 0.1) is 0 Å². The third kappa shape index (κ3) is 7.17. The third-order valence-electron chi connectivity index (χ3n) is 7.25. The predicted molar refractivity (Wildman–Crippen MR) is 178 cm³/mol. The van der Waals surface area contributed by atoms with Gasteiger partial charge >= 0.3 is 5.97 Å². The first-order valence-electron chi connectivity index (χ1n) is 14.3. The molecule has 1 aliphatic rings. The fourth-order valence-electron chi connectivity index (χ4n) is 4.98. The molecule has 1 unspecified atom stereocenters. The fraction of sp³-hybridized carbons (Fsp3) is 0.344. The Bertz CT molecular complexity index is 1470. The summed E-state index contributed by atoms with van der Waals surface area (Å²) in [6.07, 6.45) is 7.09. The second-order valence-electron chi connectivity index (χ2n) is 10.1.